The number of hydrogen-bond donors (Lipinski definition) is 1. The van der Waals surface area contributed by atoms with E-state index >= 15 is 0 Å². The molecule has 0 bridgehead atoms. The van der Waals surface area contributed by atoms with Crippen LogP contribution in [0.4, 0.5) is 4.79 Å². The summed E-state index contributed by atoms with van der Waals surface area (Å²) < 4.78 is 0. The molecule has 0 aliphatic carbocycles. The van der Waals surface area contributed by atoms with Crippen LogP contribution in [0, 0.1) is 0 Å². The lowest BCUT2D eigenvalue weighted by atomic mass is 9.91. The van der Waals surface area contributed by atoms with E-state index in [2.05, 4.69) is 0 Å². The lowest BCUT2D eigenvalue weighted by Gasteiger charge is -2.25. The average Bonchev–Trinajstić information content (AvgIpc) is 2.58. The van der Waals surface area contributed by atoms with E-state index < -0.39 is 11.3 Å². The second-order valence-electron chi connectivity index (χ2n) is 5.63. The Balaban J connectivity index is 2.18. The Kier molecular flexibility index (Phi) is 6.82. The summed E-state index contributed by atoms with van der Waals surface area (Å²) in [5.41, 5.74) is 2.22. The molecule has 1 atom stereocenters. The number of rotatable bonds is 8. The van der Waals surface area contributed by atoms with E-state index in [9.17, 15) is 14.7 Å². The van der Waals surface area contributed by atoms with Crippen LogP contribution in [0.3, 0.4) is 0 Å². The standard InChI is InChI=1S/C19H20ClNO3/c20-18(22)11-12-21(19(23)24)14-17(16-9-5-2-6-10-16)13-15-7-3-1-4-8-15/h1-10,17H,11-14H2,(H,23,24). The summed E-state index contributed by atoms with van der Waals surface area (Å²) in [6.45, 7) is 0.425. The fraction of sp³-hybridized carbons (Fsp3) is 0.263. The number of halogens is 1. The van der Waals surface area contributed by atoms with Crippen molar-refractivity contribution in [1.82, 2.24) is 4.90 Å². The van der Waals surface area contributed by atoms with Crippen LogP contribution in [-0.2, 0) is 11.2 Å². The van der Waals surface area contributed by atoms with Gasteiger partial charge in [-0.25, -0.2) is 4.79 Å². The number of benzene rings is 2. The van der Waals surface area contributed by atoms with Crippen molar-refractivity contribution in [1.29, 1.82) is 0 Å². The number of carbonyl (C=O) groups excluding carboxylic acids is 1. The van der Waals surface area contributed by atoms with E-state index in [-0.39, 0.29) is 18.9 Å². The van der Waals surface area contributed by atoms with Gasteiger partial charge in [-0.05, 0) is 29.1 Å². The van der Waals surface area contributed by atoms with Gasteiger partial charge in [-0.2, -0.15) is 0 Å². The SMILES string of the molecule is O=C(Cl)CCN(CC(Cc1ccccc1)c1ccccc1)C(=O)O. The van der Waals surface area contributed by atoms with Crippen LogP contribution in [0.25, 0.3) is 0 Å². The zero-order chi connectivity index (χ0) is 17.4. The summed E-state index contributed by atoms with van der Waals surface area (Å²) in [6.07, 6.45) is -0.300. The number of amides is 1. The third-order valence-corrected chi connectivity index (χ3v) is 4.07. The minimum absolute atomic E-state index is 0.00938. The maximum absolute atomic E-state index is 11.5. The molecule has 1 amide bonds. The molecule has 4 nitrogen and oxygen atoms in total. The molecule has 1 N–H and O–H groups in total. The summed E-state index contributed by atoms with van der Waals surface area (Å²) >= 11 is 5.35. The van der Waals surface area contributed by atoms with Crippen LogP contribution < -0.4 is 0 Å². The fourth-order valence-electron chi connectivity index (χ4n) is 2.67. The Labute approximate surface area is 146 Å². The monoisotopic (exact) mass is 345 g/mol. The summed E-state index contributed by atoms with van der Waals surface area (Å²) in [5.74, 6) is 0.00938. The van der Waals surface area contributed by atoms with Gasteiger partial charge in [-0.1, -0.05) is 60.7 Å². The van der Waals surface area contributed by atoms with Gasteiger partial charge in [0.25, 0.3) is 0 Å². The van der Waals surface area contributed by atoms with Crippen molar-refractivity contribution >= 4 is 22.9 Å². The maximum atomic E-state index is 11.5. The van der Waals surface area contributed by atoms with Crippen LogP contribution in [0.1, 0.15) is 23.5 Å². The molecule has 0 aliphatic rings. The number of hydrogen-bond acceptors (Lipinski definition) is 2. The van der Waals surface area contributed by atoms with Crippen molar-refractivity contribution in [3.05, 3.63) is 71.8 Å². The van der Waals surface area contributed by atoms with Gasteiger partial charge in [0.2, 0.25) is 5.24 Å². The minimum atomic E-state index is -1.04. The van der Waals surface area contributed by atoms with Crippen LogP contribution in [0.2, 0.25) is 0 Å². The van der Waals surface area contributed by atoms with Gasteiger partial charge in [0.15, 0.2) is 0 Å². The van der Waals surface area contributed by atoms with Crippen molar-refractivity contribution in [3.63, 3.8) is 0 Å². The highest BCUT2D eigenvalue weighted by molar-refractivity contribution is 6.63. The molecule has 24 heavy (non-hydrogen) atoms. The summed E-state index contributed by atoms with van der Waals surface area (Å²) in [4.78, 5) is 23.7. The molecule has 0 saturated carbocycles. The molecule has 0 saturated heterocycles. The van der Waals surface area contributed by atoms with Crippen molar-refractivity contribution < 1.29 is 14.7 Å². The molecule has 0 radical (unpaired) electrons. The highest BCUT2D eigenvalue weighted by Gasteiger charge is 2.20. The second-order valence-corrected chi connectivity index (χ2v) is 6.05. The van der Waals surface area contributed by atoms with E-state index in [1.807, 2.05) is 60.7 Å². The normalized spacial score (nSPS) is 11.7. The number of carboxylic acid groups (broad SMARTS) is 1. The van der Waals surface area contributed by atoms with Gasteiger partial charge >= 0.3 is 6.09 Å². The molecule has 0 aromatic heterocycles. The van der Waals surface area contributed by atoms with Gasteiger partial charge in [-0.3, -0.25) is 4.79 Å². The molecular weight excluding hydrogens is 326 g/mol. The van der Waals surface area contributed by atoms with Crippen molar-refractivity contribution in [2.45, 2.75) is 18.8 Å². The summed E-state index contributed by atoms with van der Waals surface area (Å²) in [7, 11) is 0. The lowest BCUT2D eigenvalue weighted by molar-refractivity contribution is -0.111. The van der Waals surface area contributed by atoms with Gasteiger partial charge in [0.1, 0.15) is 0 Å². The highest BCUT2D eigenvalue weighted by Crippen LogP contribution is 2.22. The molecule has 1 unspecified atom stereocenters. The predicted octanol–water partition coefficient (Wildman–Crippen LogP) is 4.15. The molecule has 0 spiro atoms. The Morgan fingerprint density at radius 2 is 1.58 bits per heavy atom. The quantitative estimate of drug-likeness (QED) is 0.731. The van der Waals surface area contributed by atoms with Crippen LogP contribution in [0.5, 0.6) is 0 Å². The average molecular weight is 346 g/mol. The van der Waals surface area contributed by atoms with E-state index in [4.69, 9.17) is 11.6 Å². The third-order valence-electron chi connectivity index (χ3n) is 3.89. The van der Waals surface area contributed by atoms with Crippen molar-refractivity contribution in [3.8, 4) is 0 Å². The van der Waals surface area contributed by atoms with Gasteiger partial charge in [0, 0.05) is 25.4 Å². The second kappa shape index (κ2) is 9.08. The molecule has 0 aliphatic heterocycles. The van der Waals surface area contributed by atoms with Gasteiger partial charge < -0.3 is 10.0 Å². The predicted molar refractivity (Wildman–Crippen MR) is 94.4 cm³/mol. The number of carbonyl (C=O) groups is 2. The largest absolute Gasteiger partial charge is 0.465 e. The molecule has 2 aromatic carbocycles. The Morgan fingerprint density at radius 1 is 1.00 bits per heavy atom. The van der Waals surface area contributed by atoms with E-state index in [0.29, 0.717) is 6.54 Å². The first-order valence-corrected chi connectivity index (χ1v) is 8.19. The van der Waals surface area contributed by atoms with Crippen LogP contribution in [-0.4, -0.2) is 34.4 Å². The van der Waals surface area contributed by atoms with Crippen molar-refractivity contribution in [2.75, 3.05) is 13.1 Å². The first kappa shape index (κ1) is 18.0. The van der Waals surface area contributed by atoms with E-state index in [1.165, 1.54) is 4.90 Å². The first-order chi connectivity index (χ1) is 11.6. The first-order valence-electron chi connectivity index (χ1n) is 7.81. The summed E-state index contributed by atoms with van der Waals surface area (Å²) in [5, 5.41) is 8.89. The molecular formula is C19H20ClNO3. The molecule has 2 rings (SSSR count). The van der Waals surface area contributed by atoms with E-state index in [1.54, 1.807) is 0 Å². The topological polar surface area (TPSA) is 57.6 Å². The smallest absolute Gasteiger partial charge is 0.407 e. The fourth-order valence-corrected chi connectivity index (χ4v) is 2.75. The van der Waals surface area contributed by atoms with Crippen LogP contribution in [0.15, 0.2) is 60.7 Å². The number of nitrogens with zero attached hydrogens (tertiary/aromatic N) is 1. The molecule has 0 heterocycles. The Bertz CT molecular complexity index is 661. The molecule has 126 valence electrons. The van der Waals surface area contributed by atoms with E-state index in [0.717, 1.165) is 17.5 Å². The van der Waals surface area contributed by atoms with Crippen LogP contribution >= 0.6 is 11.6 Å². The molecule has 2 aromatic rings. The molecule has 5 heteroatoms. The zero-order valence-electron chi connectivity index (χ0n) is 13.3. The minimum Gasteiger partial charge on any atom is -0.465 e. The zero-order valence-corrected chi connectivity index (χ0v) is 14.0. The Morgan fingerprint density at radius 3 is 2.12 bits per heavy atom. The molecule has 0 fully saturated rings. The van der Waals surface area contributed by atoms with Crippen molar-refractivity contribution in [2.24, 2.45) is 0 Å². The maximum Gasteiger partial charge on any atom is 0.407 e. The lowest BCUT2D eigenvalue weighted by Crippen LogP contribution is -2.35. The highest BCUT2D eigenvalue weighted by atomic mass is 35.5. The van der Waals surface area contributed by atoms with Gasteiger partial charge in [0.05, 0.1) is 0 Å². The summed E-state index contributed by atoms with van der Waals surface area (Å²) in [6, 6.07) is 19.8. The Hall–Kier alpha value is -2.33. The third kappa shape index (κ3) is 5.70. The van der Waals surface area contributed by atoms with Gasteiger partial charge in [-0.15, -0.1) is 0 Å².